The standard InChI is InChI=1S/C23H27N3O7/c1-25-8-9-4-5-13(27)15-11(9)6-10-7-12-17(26(2)3)19(29)16(22(24)32)21(31)23(12,33)20(30)14(10)18(15)28/h4-5,10,12,17,25,27,29-30,33H,6-8H2,1-3H3,(H2,24,32)/t10-,12-,17-,23-/m0/s1. The van der Waals surface area contributed by atoms with E-state index in [-0.39, 0.29) is 29.7 Å². The number of allylic oxidation sites excluding steroid dienone is 1. The molecule has 3 aliphatic rings. The molecule has 1 amide bonds. The largest absolute Gasteiger partial charge is 0.510 e. The highest BCUT2D eigenvalue weighted by atomic mass is 16.3. The zero-order chi connectivity index (χ0) is 24.4. The molecule has 176 valence electrons. The molecule has 10 heteroatoms. The van der Waals surface area contributed by atoms with E-state index < -0.39 is 58.0 Å². The summed E-state index contributed by atoms with van der Waals surface area (Å²) >= 11 is 0. The lowest BCUT2D eigenvalue weighted by atomic mass is 9.58. The average Bonchev–Trinajstić information content (AvgIpc) is 2.72. The number of phenols is 1. The van der Waals surface area contributed by atoms with E-state index in [4.69, 9.17) is 5.73 Å². The summed E-state index contributed by atoms with van der Waals surface area (Å²) in [6, 6.07) is 2.10. The van der Waals surface area contributed by atoms with Gasteiger partial charge in [0.05, 0.1) is 11.6 Å². The highest BCUT2D eigenvalue weighted by molar-refractivity contribution is 6.24. The van der Waals surface area contributed by atoms with Crippen LogP contribution >= 0.6 is 0 Å². The van der Waals surface area contributed by atoms with Crippen LogP contribution in [-0.4, -0.2) is 75.6 Å². The smallest absolute Gasteiger partial charge is 0.255 e. The van der Waals surface area contributed by atoms with E-state index >= 15 is 0 Å². The topological polar surface area (TPSA) is 173 Å². The molecule has 4 rings (SSSR count). The van der Waals surface area contributed by atoms with Crippen molar-refractivity contribution in [3.8, 4) is 5.75 Å². The predicted molar refractivity (Wildman–Crippen MR) is 116 cm³/mol. The maximum Gasteiger partial charge on any atom is 0.255 e. The maximum atomic E-state index is 13.5. The van der Waals surface area contributed by atoms with Crippen LogP contribution in [0.2, 0.25) is 0 Å². The van der Waals surface area contributed by atoms with Gasteiger partial charge in [-0.25, -0.2) is 0 Å². The molecule has 7 N–H and O–H groups in total. The van der Waals surface area contributed by atoms with Crippen molar-refractivity contribution in [3.63, 3.8) is 0 Å². The summed E-state index contributed by atoms with van der Waals surface area (Å²) in [7, 11) is 4.94. The number of phenolic OH excluding ortho intramolecular Hbond substituents is 1. The number of hydrogen-bond acceptors (Lipinski definition) is 9. The van der Waals surface area contributed by atoms with Crippen molar-refractivity contribution in [3.05, 3.63) is 51.5 Å². The fourth-order valence-corrected chi connectivity index (χ4v) is 5.67. The number of rotatable bonds is 4. The van der Waals surface area contributed by atoms with Gasteiger partial charge in [0.15, 0.2) is 11.4 Å². The highest BCUT2D eigenvalue weighted by Gasteiger charge is 2.63. The third-order valence-electron chi connectivity index (χ3n) is 7.07. The molecule has 0 saturated heterocycles. The molecule has 0 spiro atoms. The van der Waals surface area contributed by atoms with Crippen LogP contribution in [0.3, 0.4) is 0 Å². The minimum Gasteiger partial charge on any atom is -0.510 e. The maximum absolute atomic E-state index is 13.5. The summed E-state index contributed by atoms with van der Waals surface area (Å²) in [5.74, 6) is -6.49. The second-order valence-corrected chi connectivity index (χ2v) is 9.09. The third kappa shape index (κ3) is 3.01. The lowest BCUT2D eigenvalue weighted by molar-refractivity contribution is -0.148. The molecule has 4 atom stereocenters. The van der Waals surface area contributed by atoms with E-state index in [0.717, 1.165) is 5.56 Å². The number of carbonyl (C=O) groups is 3. The molecule has 1 aromatic rings. The van der Waals surface area contributed by atoms with Gasteiger partial charge in [0.2, 0.25) is 5.78 Å². The normalized spacial score (nSPS) is 29.2. The van der Waals surface area contributed by atoms with Crippen LogP contribution in [0, 0.1) is 11.8 Å². The van der Waals surface area contributed by atoms with Gasteiger partial charge in [-0.05, 0) is 57.1 Å². The number of nitrogens with one attached hydrogen (secondary N) is 1. The fraction of sp³-hybridized carbons (Fsp3) is 0.435. The SMILES string of the molecule is CNCc1ccc(O)c2c1C[C@H]1C[C@H]3[C@H](N(C)C)C(O)=C(C(N)=O)C(=O)[C@@]3(O)C(O)=C1C2=O. The molecule has 0 heterocycles. The number of nitrogens with zero attached hydrogens (tertiary/aromatic N) is 1. The van der Waals surface area contributed by atoms with Crippen LogP contribution in [0.5, 0.6) is 5.75 Å². The molecule has 0 fully saturated rings. The number of aliphatic hydroxyl groups excluding tert-OH is 2. The summed E-state index contributed by atoms with van der Waals surface area (Å²) in [5, 5.41) is 46.9. The monoisotopic (exact) mass is 457 g/mol. The number of ketones is 2. The number of likely N-dealkylation sites (N-methyl/N-ethyl adjacent to an activating group) is 1. The van der Waals surface area contributed by atoms with Gasteiger partial charge in [0.1, 0.15) is 22.8 Å². The number of aromatic hydroxyl groups is 1. The Morgan fingerprint density at radius 1 is 1.24 bits per heavy atom. The van der Waals surface area contributed by atoms with E-state index in [1.54, 1.807) is 27.2 Å². The van der Waals surface area contributed by atoms with Crippen molar-refractivity contribution in [1.29, 1.82) is 0 Å². The Labute approximate surface area is 190 Å². The average molecular weight is 457 g/mol. The number of primary amides is 1. The Balaban J connectivity index is 1.96. The number of hydrogen-bond donors (Lipinski definition) is 6. The lowest BCUT2D eigenvalue weighted by Gasteiger charge is -2.50. The number of Topliss-reactive ketones (excluding diaryl/α,β-unsaturated/α-hetero) is 2. The number of carbonyl (C=O) groups excluding carboxylic acids is 3. The van der Waals surface area contributed by atoms with Gasteiger partial charge >= 0.3 is 0 Å². The quantitative estimate of drug-likeness (QED) is 0.336. The van der Waals surface area contributed by atoms with Crippen molar-refractivity contribution in [2.45, 2.75) is 31.0 Å². The second-order valence-electron chi connectivity index (χ2n) is 9.09. The molecule has 0 radical (unpaired) electrons. The van der Waals surface area contributed by atoms with E-state index in [9.17, 15) is 34.8 Å². The first-order chi connectivity index (χ1) is 15.5. The highest BCUT2D eigenvalue weighted by Crippen LogP contribution is 2.52. The van der Waals surface area contributed by atoms with Gasteiger partial charge in [-0.1, -0.05) is 6.07 Å². The Bertz CT molecular complexity index is 1150. The van der Waals surface area contributed by atoms with Crippen LogP contribution in [0.25, 0.3) is 0 Å². The van der Waals surface area contributed by atoms with Crippen molar-refractivity contribution in [2.75, 3.05) is 21.1 Å². The lowest BCUT2D eigenvalue weighted by Crippen LogP contribution is -2.63. The Morgan fingerprint density at radius 2 is 1.91 bits per heavy atom. The summed E-state index contributed by atoms with van der Waals surface area (Å²) in [6.07, 6.45) is 0.348. The first kappa shape index (κ1) is 23.0. The van der Waals surface area contributed by atoms with Gasteiger partial charge in [0.25, 0.3) is 5.91 Å². The third-order valence-corrected chi connectivity index (χ3v) is 7.07. The van der Waals surface area contributed by atoms with Crippen LogP contribution in [-0.2, 0) is 22.6 Å². The van der Waals surface area contributed by atoms with Crippen molar-refractivity contribution in [1.82, 2.24) is 10.2 Å². The molecule has 3 aliphatic carbocycles. The van der Waals surface area contributed by atoms with Gasteiger partial charge in [0, 0.05) is 18.0 Å². The Morgan fingerprint density at radius 3 is 2.48 bits per heavy atom. The number of benzene rings is 1. The number of fused-ring (bicyclic) bond motifs is 3. The summed E-state index contributed by atoms with van der Waals surface area (Å²) in [5.41, 5.74) is 3.16. The van der Waals surface area contributed by atoms with Crippen LogP contribution in [0.1, 0.15) is 27.9 Å². The number of amides is 1. The van der Waals surface area contributed by atoms with Crippen molar-refractivity contribution < 1.29 is 34.8 Å². The Kier molecular flexibility index (Phi) is 5.35. The van der Waals surface area contributed by atoms with Crippen LogP contribution in [0.4, 0.5) is 0 Å². The molecule has 0 saturated carbocycles. The number of aliphatic hydroxyl groups is 3. The molecule has 33 heavy (non-hydrogen) atoms. The summed E-state index contributed by atoms with van der Waals surface area (Å²) in [4.78, 5) is 40.2. The van der Waals surface area contributed by atoms with Gasteiger partial charge < -0.3 is 31.5 Å². The molecular formula is C23H27N3O7. The molecule has 0 unspecified atom stereocenters. The molecular weight excluding hydrogens is 430 g/mol. The second kappa shape index (κ2) is 7.68. The predicted octanol–water partition coefficient (Wildman–Crippen LogP) is -0.160. The van der Waals surface area contributed by atoms with E-state index in [1.165, 1.54) is 11.0 Å². The fourth-order valence-electron chi connectivity index (χ4n) is 5.67. The molecule has 10 nitrogen and oxygen atoms in total. The van der Waals surface area contributed by atoms with Gasteiger partial charge in [-0.3, -0.25) is 19.3 Å². The first-order valence-electron chi connectivity index (χ1n) is 10.6. The summed E-state index contributed by atoms with van der Waals surface area (Å²) < 4.78 is 0. The van der Waals surface area contributed by atoms with Crippen LogP contribution < -0.4 is 11.1 Å². The van der Waals surface area contributed by atoms with E-state index in [0.29, 0.717) is 12.1 Å². The van der Waals surface area contributed by atoms with Crippen molar-refractivity contribution >= 4 is 17.5 Å². The minimum absolute atomic E-state index is 0.0172. The zero-order valence-corrected chi connectivity index (χ0v) is 18.5. The zero-order valence-electron chi connectivity index (χ0n) is 18.5. The van der Waals surface area contributed by atoms with Gasteiger partial charge in [-0.15, -0.1) is 0 Å². The van der Waals surface area contributed by atoms with E-state index in [1.807, 2.05) is 0 Å². The van der Waals surface area contributed by atoms with E-state index in [2.05, 4.69) is 5.32 Å². The van der Waals surface area contributed by atoms with Crippen molar-refractivity contribution in [2.24, 2.45) is 17.6 Å². The number of nitrogens with two attached hydrogens (primary N) is 1. The first-order valence-corrected chi connectivity index (χ1v) is 10.6. The Hall–Kier alpha value is -3.21. The van der Waals surface area contributed by atoms with Gasteiger partial charge in [-0.2, -0.15) is 0 Å². The molecule has 0 bridgehead atoms. The molecule has 0 aromatic heterocycles. The minimum atomic E-state index is -2.62. The van der Waals surface area contributed by atoms with Crippen LogP contribution in [0.15, 0.2) is 34.8 Å². The summed E-state index contributed by atoms with van der Waals surface area (Å²) in [6.45, 7) is 0.450. The molecule has 1 aromatic carbocycles. The molecule has 0 aliphatic heterocycles.